The minimum atomic E-state index is -1.03. The van der Waals surface area contributed by atoms with Gasteiger partial charge in [0.1, 0.15) is 17.0 Å². The van der Waals surface area contributed by atoms with Crippen LogP contribution in [0.3, 0.4) is 0 Å². The lowest BCUT2D eigenvalue weighted by Crippen LogP contribution is -2.08. The van der Waals surface area contributed by atoms with E-state index in [9.17, 15) is 13.6 Å². The van der Waals surface area contributed by atoms with E-state index in [0.29, 0.717) is 5.56 Å². The smallest absolute Gasteiger partial charge is 0.185 e. The van der Waals surface area contributed by atoms with Crippen molar-refractivity contribution < 1.29 is 13.6 Å². The van der Waals surface area contributed by atoms with Crippen LogP contribution in [0.15, 0.2) is 48.5 Å². The zero-order chi connectivity index (χ0) is 13.1. The Kier molecular flexibility index (Phi) is 3.72. The van der Waals surface area contributed by atoms with Crippen molar-refractivity contribution in [3.8, 4) is 0 Å². The Bertz CT molecular complexity index is 584. The summed E-state index contributed by atoms with van der Waals surface area (Å²) >= 11 is 5.98. The molecule has 1 nitrogen and oxygen atoms in total. The van der Waals surface area contributed by atoms with Crippen LogP contribution in [0.5, 0.6) is 0 Å². The molecule has 1 unspecified atom stereocenters. The van der Waals surface area contributed by atoms with Crippen LogP contribution < -0.4 is 0 Å². The fourth-order valence-corrected chi connectivity index (χ4v) is 1.87. The molecule has 0 N–H and O–H groups in total. The van der Waals surface area contributed by atoms with Crippen LogP contribution in [-0.4, -0.2) is 5.78 Å². The van der Waals surface area contributed by atoms with E-state index in [2.05, 4.69) is 0 Å². The molecule has 92 valence electrons. The number of rotatable bonds is 3. The third kappa shape index (κ3) is 2.74. The number of hydrogen-bond donors (Lipinski definition) is 0. The second-order valence-corrected chi connectivity index (χ2v) is 4.23. The number of hydrogen-bond acceptors (Lipinski definition) is 1. The number of benzene rings is 2. The van der Waals surface area contributed by atoms with Crippen molar-refractivity contribution in [2.75, 3.05) is 0 Å². The molecular formula is C14H9ClF2O. The average molecular weight is 267 g/mol. The summed E-state index contributed by atoms with van der Waals surface area (Å²) in [6, 6.07) is 10.7. The Balaban J connectivity index is 2.29. The topological polar surface area (TPSA) is 17.1 Å². The second-order valence-electron chi connectivity index (χ2n) is 3.79. The number of ketones is 1. The van der Waals surface area contributed by atoms with E-state index in [1.54, 1.807) is 6.07 Å². The first-order valence-corrected chi connectivity index (χ1v) is 5.71. The Hall–Kier alpha value is -1.74. The summed E-state index contributed by atoms with van der Waals surface area (Å²) in [6.07, 6.45) is 0. The van der Waals surface area contributed by atoms with Crippen LogP contribution >= 0.6 is 11.6 Å². The summed E-state index contributed by atoms with van der Waals surface area (Å²) in [5.74, 6) is -1.43. The largest absolute Gasteiger partial charge is 0.292 e. The lowest BCUT2D eigenvalue weighted by molar-refractivity contribution is 0.0986. The van der Waals surface area contributed by atoms with E-state index in [0.717, 1.165) is 6.07 Å². The second kappa shape index (κ2) is 5.27. The summed E-state index contributed by atoms with van der Waals surface area (Å²) in [5.41, 5.74) is 0.519. The number of alkyl halides is 1. The predicted molar refractivity (Wildman–Crippen MR) is 65.7 cm³/mol. The Morgan fingerprint density at radius 2 is 1.61 bits per heavy atom. The standard InChI is InChI=1S/C14H9ClF2O/c15-13(9-3-1-5-11(16)7-9)14(18)10-4-2-6-12(17)8-10/h1-8,13H. The third-order valence-electron chi connectivity index (χ3n) is 2.48. The van der Waals surface area contributed by atoms with Crippen LogP contribution in [-0.2, 0) is 0 Å². The molecule has 0 radical (unpaired) electrons. The fraction of sp³-hybridized carbons (Fsp3) is 0.0714. The van der Waals surface area contributed by atoms with Gasteiger partial charge in [-0.25, -0.2) is 8.78 Å². The molecule has 0 saturated heterocycles. The summed E-state index contributed by atoms with van der Waals surface area (Å²) in [5, 5.41) is -1.03. The highest BCUT2D eigenvalue weighted by atomic mass is 35.5. The fourth-order valence-electron chi connectivity index (χ4n) is 1.60. The average Bonchev–Trinajstić information content (AvgIpc) is 2.37. The van der Waals surface area contributed by atoms with Crippen LogP contribution in [0, 0.1) is 11.6 Å². The maximum Gasteiger partial charge on any atom is 0.185 e. The first kappa shape index (κ1) is 12.7. The summed E-state index contributed by atoms with van der Waals surface area (Å²) in [7, 11) is 0. The van der Waals surface area contributed by atoms with Crippen LogP contribution in [0.4, 0.5) is 8.78 Å². The van der Waals surface area contributed by atoms with Gasteiger partial charge in [0.2, 0.25) is 0 Å². The first-order chi connectivity index (χ1) is 8.58. The van der Waals surface area contributed by atoms with Crippen LogP contribution in [0.1, 0.15) is 21.3 Å². The molecule has 0 heterocycles. The van der Waals surface area contributed by atoms with Crippen molar-refractivity contribution in [2.45, 2.75) is 5.38 Å². The maximum atomic E-state index is 13.0. The van der Waals surface area contributed by atoms with Crippen molar-refractivity contribution in [3.63, 3.8) is 0 Å². The normalized spacial score (nSPS) is 12.2. The molecule has 2 aromatic rings. The Morgan fingerprint density at radius 3 is 2.22 bits per heavy atom. The van der Waals surface area contributed by atoms with Gasteiger partial charge >= 0.3 is 0 Å². The highest BCUT2D eigenvalue weighted by molar-refractivity contribution is 6.33. The first-order valence-electron chi connectivity index (χ1n) is 5.27. The summed E-state index contributed by atoms with van der Waals surface area (Å²) in [6.45, 7) is 0. The molecule has 0 aliphatic heterocycles. The van der Waals surface area contributed by atoms with Gasteiger partial charge in [-0.2, -0.15) is 0 Å². The van der Waals surface area contributed by atoms with Gasteiger partial charge in [-0.15, -0.1) is 11.6 Å². The molecule has 2 aromatic carbocycles. The van der Waals surface area contributed by atoms with Crippen LogP contribution in [0.2, 0.25) is 0 Å². The van der Waals surface area contributed by atoms with Crippen molar-refractivity contribution in [2.24, 2.45) is 0 Å². The molecule has 0 spiro atoms. The van der Waals surface area contributed by atoms with Gasteiger partial charge in [-0.3, -0.25) is 4.79 Å². The molecule has 0 bridgehead atoms. The van der Waals surface area contributed by atoms with Crippen molar-refractivity contribution in [1.82, 2.24) is 0 Å². The number of halogens is 3. The summed E-state index contributed by atoms with van der Waals surface area (Å²) < 4.78 is 26.0. The van der Waals surface area contributed by atoms with E-state index in [-0.39, 0.29) is 5.56 Å². The van der Waals surface area contributed by atoms with Crippen molar-refractivity contribution in [1.29, 1.82) is 0 Å². The molecule has 0 aromatic heterocycles. The Morgan fingerprint density at radius 1 is 1.00 bits per heavy atom. The molecule has 0 saturated carbocycles. The molecule has 2 rings (SSSR count). The molecule has 0 fully saturated rings. The molecule has 0 aliphatic rings. The number of Topliss-reactive ketones (excluding diaryl/α,β-unsaturated/α-hetero) is 1. The maximum absolute atomic E-state index is 13.0. The molecule has 0 aliphatic carbocycles. The monoisotopic (exact) mass is 266 g/mol. The van der Waals surface area contributed by atoms with Crippen LogP contribution in [0.25, 0.3) is 0 Å². The zero-order valence-corrected chi connectivity index (χ0v) is 9.99. The van der Waals surface area contributed by atoms with Crippen molar-refractivity contribution >= 4 is 17.4 Å². The van der Waals surface area contributed by atoms with Crippen molar-refractivity contribution in [3.05, 3.63) is 71.3 Å². The van der Waals surface area contributed by atoms with Gasteiger partial charge in [0.15, 0.2) is 5.78 Å². The molecule has 1 atom stereocenters. The highest BCUT2D eigenvalue weighted by Crippen LogP contribution is 2.25. The Labute approximate surface area is 108 Å². The molecule has 0 amide bonds. The quantitative estimate of drug-likeness (QED) is 0.603. The molecule has 18 heavy (non-hydrogen) atoms. The van der Waals surface area contributed by atoms with Gasteiger partial charge < -0.3 is 0 Å². The highest BCUT2D eigenvalue weighted by Gasteiger charge is 2.20. The predicted octanol–water partition coefficient (Wildman–Crippen LogP) is 4.13. The SMILES string of the molecule is O=C(c1cccc(F)c1)C(Cl)c1cccc(F)c1. The van der Waals surface area contributed by atoms with Gasteiger partial charge in [0.25, 0.3) is 0 Å². The summed E-state index contributed by atoms with van der Waals surface area (Å²) in [4.78, 5) is 12.0. The third-order valence-corrected chi connectivity index (χ3v) is 2.93. The lowest BCUT2D eigenvalue weighted by atomic mass is 10.0. The van der Waals surface area contributed by atoms with Gasteiger partial charge in [0.05, 0.1) is 0 Å². The number of carbonyl (C=O) groups is 1. The van der Waals surface area contributed by atoms with E-state index < -0.39 is 22.8 Å². The van der Waals surface area contributed by atoms with E-state index in [1.807, 2.05) is 0 Å². The van der Waals surface area contributed by atoms with E-state index in [4.69, 9.17) is 11.6 Å². The van der Waals surface area contributed by atoms with Gasteiger partial charge in [-0.05, 0) is 29.8 Å². The molecular weight excluding hydrogens is 258 g/mol. The minimum Gasteiger partial charge on any atom is -0.292 e. The van der Waals surface area contributed by atoms with Gasteiger partial charge in [0, 0.05) is 5.56 Å². The lowest BCUT2D eigenvalue weighted by Gasteiger charge is -2.09. The number of carbonyl (C=O) groups excluding carboxylic acids is 1. The molecule has 4 heteroatoms. The van der Waals surface area contributed by atoms with Gasteiger partial charge in [-0.1, -0.05) is 24.3 Å². The van der Waals surface area contributed by atoms with E-state index >= 15 is 0 Å². The van der Waals surface area contributed by atoms with E-state index in [1.165, 1.54) is 36.4 Å². The zero-order valence-electron chi connectivity index (χ0n) is 9.24. The minimum absolute atomic E-state index is 0.166.